The zero-order valence-electron chi connectivity index (χ0n) is 9.15. The first-order valence-corrected chi connectivity index (χ1v) is 5.37. The van der Waals surface area contributed by atoms with Gasteiger partial charge in [0.25, 0.3) is 0 Å². The van der Waals surface area contributed by atoms with Crippen LogP contribution in [0.15, 0.2) is 12.7 Å². The summed E-state index contributed by atoms with van der Waals surface area (Å²) < 4.78 is 4.72. The fourth-order valence-electron chi connectivity index (χ4n) is 1.74. The topological polar surface area (TPSA) is 75.6 Å². The van der Waals surface area contributed by atoms with Gasteiger partial charge in [-0.2, -0.15) is 0 Å². The zero-order chi connectivity index (χ0) is 12.0. The largest absolute Gasteiger partial charge is 0.481 e. The Balaban J connectivity index is 1.99. The van der Waals surface area contributed by atoms with E-state index in [1.165, 1.54) is 6.08 Å². The van der Waals surface area contributed by atoms with Gasteiger partial charge in [-0.25, -0.2) is 4.79 Å². The molecule has 5 heteroatoms. The molecule has 90 valence electrons. The summed E-state index contributed by atoms with van der Waals surface area (Å²) >= 11 is 0. The van der Waals surface area contributed by atoms with Gasteiger partial charge in [0.05, 0.1) is 5.92 Å². The van der Waals surface area contributed by atoms with E-state index in [1.807, 2.05) is 0 Å². The number of carbonyl (C=O) groups excluding carboxylic acids is 1. The lowest BCUT2D eigenvalue weighted by atomic mass is 9.73. The van der Waals surface area contributed by atoms with Gasteiger partial charge in [0, 0.05) is 6.54 Å². The number of carbonyl (C=O) groups is 2. The fourth-order valence-corrected chi connectivity index (χ4v) is 1.74. The maximum Gasteiger partial charge on any atom is 0.407 e. The van der Waals surface area contributed by atoms with Crippen molar-refractivity contribution in [2.24, 2.45) is 11.8 Å². The molecule has 1 aliphatic carbocycles. The minimum atomic E-state index is -0.713. The van der Waals surface area contributed by atoms with Crippen LogP contribution in [0.25, 0.3) is 0 Å². The maximum atomic E-state index is 11.0. The molecule has 0 aromatic rings. The highest BCUT2D eigenvalue weighted by Crippen LogP contribution is 2.35. The molecule has 0 saturated heterocycles. The first-order valence-electron chi connectivity index (χ1n) is 5.37. The highest BCUT2D eigenvalue weighted by Gasteiger charge is 2.33. The molecule has 1 aliphatic rings. The third-order valence-corrected chi connectivity index (χ3v) is 2.74. The molecule has 0 atom stereocenters. The van der Waals surface area contributed by atoms with Crippen LogP contribution in [0.4, 0.5) is 4.79 Å². The van der Waals surface area contributed by atoms with E-state index in [0.29, 0.717) is 12.5 Å². The number of rotatable bonds is 6. The maximum absolute atomic E-state index is 11.0. The molecule has 0 spiro atoms. The van der Waals surface area contributed by atoms with Crippen LogP contribution in [0.1, 0.15) is 19.3 Å². The fraction of sp³-hybridized carbons (Fsp3) is 0.636. The molecule has 1 amide bonds. The molecule has 0 aromatic carbocycles. The van der Waals surface area contributed by atoms with Crippen LogP contribution in [0.2, 0.25) is 0 Å². The predicted octanol–water partition coefficient (Wildman–Crippen LogP) is 1.40. The van der Waals surface area contributed by atoms with Gasteiger partial charge in [0.1, 0.15) is 6.61 Å². The highest BCUT2D eigenvalue weighted by molar-refractivity contribution is 5.71. The molecule has 0 aliphatic heterocycles. The molecule has 0 unspecified atom stereocenters. The normalized spacial score (nSPS) is 23.0. The first kappa shape index (κ1) is 12.5. The molecule has 2 N–H and O–H groups in total. The second-order valence-corrected chi connectivity index (χ2v) is 3.98. The SMILES string of the molecule is C=CCOC(=O)NCCC1CC(C(=O)O)C1. The van der Waals surface area contributed by atoms with Gasteiger partial charge in [0.2, 0.25) is 0 Å². The minimum Gasteiger partial charge on any atom is -0.481 e. The van der Waals surface area contributed by atoms with Crippen molar-refractivity contribution in [2.75, 3.05) is 13.2 Å². The molecule has 16 heavy (non-hydrogen) atoms. The van der Waals surface area contributed by atoms with Crippen LogP contribution in [0, 0.1) is 11.8 Å². The number of nitrogens with one attached hydrogen (secondary N) is 1. The van der Waals surface area contributed by atoms with Crippen LogP contribution >= 0.6 is 0 Å². The number of carboxylic acids is 1. The van der Waals surface area contributed by atoms with Gasteiger partial charge in [-0.3, -0.25) is 4.79 Å². The van der Waals surface area contributed by atoms with Gasteiger partial charge in [-0.1, -0.05) is 12.7 Å². The van der Waals surface area contributed by atoms with Crippen molar-refractivity contribution in [3.63, 3.8) is 0 Å². The molecular formula is C11H17NO4. The van der Waals surface area contributed by atoms with Crippen LogP contribution < -0.4 is 5.32 Å². The zero-order valence-corrected chi connectivity index (χ0v) is 9.15. The molecule has 0 radical (unpaired) electrons. The van der Waals surface area contributed by atoms with Gasteiger partial charge in [0.15, 0.2) is 0 Å². The van der Waals surface area contributed by atoms with Crippen molar-refractivity contribution in [1.29, 1.82) is 0 Å². The smallest absolute Gasteiger partial charge is 0.407 e. The third kappa shape index (κ3) is 3.92. The van der Waals surface area contributed by atoms with E-state index < -0.39 is 12.1 Å². The molecule has 0 bridgehead atoms. The Bertz CT molecular complexity index is 271. The van der Waals surface area contributed by atoms with E-state index in [-0.39, 0.29) is 12.5 Å². The molecular weight excluding hydrogens is 210 g/mol. The van der Waals surface area contributed by atoms with Gasteiger partial charge < -0.3 is 15.2 Å². The molecule has 1 fully saturated rings. The number of hydrogen-bond acceptors (Lipinski definition) is 3. The second kappa shape index (κ2) is 6.15. The Morgan fingerprint density at radius 3 is 2.75 bits per heavy atom. The summed E-state index contributed by atoms with van der Waals surface area (Å²) in [6, 6.07) is 0. The number of ether oxygens (including phenoxy) is 1. The number of aliphatic carboxylic acids is 1. The minimum absolute atomic E-state index is 0.183. The number of hydrogen-bond donors (Lipinski definition) is 2. The Kier molecular flexibility index (Phi) is 4.82. The Labute approximate surface area is 94.5 Å². The first-order chi connectivity index (χ1) is 7.63. The monoisotopic (exact) mass is 227 g/mol. The summed E-state index contributed by atoms with van der Waals surface area (Å²) in [5, 5.41) is 11.3. The van der Waals surface area contributed by atoms with Crippen LogP contribution in [-0.4, -0.2) is 30.3 Å². The van der Waals surface area contributed by atoms with E-state index in [1.54, 1.807) is 0 Å². The van der Waals surface area contributed by atoms with E-state index in [2.05, 4.69) is 11.9 Å². The van der Waals surface area contributed by atoms with E-state index in [4.69, 9.17) is 9.84 Å². The van der Waals surface area contributed by atoms with Crippen molar-refractivity contribution < 1.29 is 19.4 Å². The lowest BCUT2D eigenvalue weighted by molar-refractivity contribution is -0.146. The van der Waals surface area contributed by atoms with Crippen molar-refractivity contribution in [3.8, 4) is 0 Å². The highest BCUT2D eigenvalue weighted by atomic mass is 16.5. The van der Waals surface area contributed by atoms with Crippen molar-refractivity contribution in [1.82, 2.24) is 5.32 Å². The van der Waals surface area contributed by atoms with Crippen LogP contribution in [-0.2, 0) is 9.53 Å². The van der Waals surface area contributed by atoms with E-state index in [9.17, 15) is 9.59 Å². The Morgan fingerprint density at radius 1 is 1.50 bits per heavy atom. The number of carboxylic acid groups (broad SMARTS) is 1. The lowest BCUT2D eigenvalue weighted by Crippen LogP contribution is -2.33. The summed E-state index contributed by atoms with van der Waals surface area (Å²) in [5.41, 5.74) is 0. The Hall–Kier alpha value is -1.52. The summed E-state index contributed by atoms with van der Waals surface area (Å²) in [7, 11) is 0. The Morgan fingerprint density at radius 2 is 2.19 bits per heavy atom. The van der Waals surface area contributed by atoms with Gasteiger partial charge >= 0.3 is 12.1 Å². The van der Waals surface area contributed by atoms with Gasteiger partial charge in [-0.05, 0) is 25.2 Å². The molecule has 1 saturated carbocycles. The van der Waals surface area contributed by atoms with Gasteiger partial charge in [-0.15, -0.1) is 0 Å². The van der Waals surface area contributed by atoms with Crippen molar-refractivity contribution in [2.45, 2.75) is 19.3 Å². The van der Waals surface area contributed by atoms with E-state index >= 15 is 0 Å². The third-order valence-electron chi connectivity index (χ3n) is 2.74. The number of amides is 1. The van der Waals surface area contributed by atoms with Crippen molar-refractivity contribution in [3.05, 3.63) is 12.7 Å². The standard InChI is InChI=1S/C11H17NO4/c1-2-5-16-11(15)12-4-3-8-6-9(7-8)10(13)14/h2,8-9H,1,3-7H2,(H,12,15)(H,13,14). The molecule has 0 heterocycles. The number of alkyl carbamates (subject to hydrolysis) is 1. The molecule has 5 nitrogen and oxygen atoms in total. The van der Waals surface area contributed by atoms with Crippen molar-refractivity contribution >= 4 is 12.1 Å². The molecule has 0 aromatic heterocycles. The quantitative estimate of drug-likeness (QED) is 0.672. The van der Waals surface area contributed by atoms with Crippen LogP contribution in [0.3, 0.4) is 0 Å². The molecule has 1 rings (SSSR count). The average molecular weight is 227 g/mol. The lowest BCUT2D eigenvalue weighted by Gasteiger charge is -2.32. The predicted molar refractivity (Wildman–Crippen MR) is 58.0 cm³/mol. The van der Waals surface area contributed by atoms with Crippen LogP contribution in [0.5, 0.6) is 0 Å². The summed E-state index contributed by atoms with van der Waals surface area (Å²) in [6.07, 6.45) is 3.31. The summed E-state index contributed by atoms with van der Waals surface area (Å²) in [4.78, 5) is 21.5. The summed E-state index contributed by atoms with van der Waals surface area (Å²) in [5.74, 6) is -0.479. The average Bonchev–Trinajstić information content (AvgIpc) is 2.17. The second-order valence-electron chi connectivity index (χ2n) is 3.98. The summed E-state index contributed by atoms with van der Waals surface area (Å²) in [6.45, 7) is 4.17. The van der Waals surface area contributed by atoms with E-state index in [0.717, 1.165) is 19.3 Å².